The van der Waals surface area contributed by atoms with E-state index < -0.39 is 0 Å². The lowest BCUT2D eigenvalue weighted by molar-refractivity contribution is 0.0949. The number of nitrogens with two attached hydrogens (primary N) is 1. The van der Waals surface area contributed by atoms with Crippen molar-refractivity contribution in [2.24, 2.45) is 5.73 Å². The lowest BCUT2D eigenvalue weighted by Gasteiger charge is -2.06. The Balaban J connectivity index is 1.86. The Kier molecular flexibility index (Phi) is 6.36. The number of benzene rings is 1. The number of amides is 1. The van der Waals surface area contributed by atoms with Gasteiger partial charge in [-0.3, -0.25) is 4.79 Å². The number of hydrogen-bond donors (Lipinski definition) is 2. The third-order valence-corrected chi connectivity index (χ3v) is 4.65. The lowest BCUT2D eigenvalue weighted by Crippen LogP contribution is -2.26. The lowest BCUT2D eigenvalue weighted by atomic mass is 10.1. The molecule has 3 N–H and O–H groups in total. The first kappa shape index (κ1) is 16.9. The normalized spacial score (nSPS) is 12.1. The summed E-state index contributed by atoms with van der Waals surface area (Å²) >= 11 is 7.53. The Morgan fingerprint density at radius 2 is 2.23 bits per heavy atom. The summed E-state index contributed by atoms with van der Waals surface area (Å²) < 4.78 is 0. The quantitative estimate of drug-likeness (QED) is 0.811. The highest BCUT2D eigenvalue weighted by Gasteiger charge is 2.14. The van der Waals surface area contributed by atoms with Crippen LogP contribution in [0.4, 0.5) is 0 Å². The van der Waals surface area contributed by atoms with Gasteiger partial charge < -0.3 is 11.1 Å². The molecule has 0 saturated carbocycles. The minimum atomic E-state index is -0.168. The summed E-state index contributed by atoms with van der Waals surface area (Å²) in [4.78, 5) is 16.4. The van der Waals surface area contributed by atoms with Gasteiger partial charge in [-0.05, 0) is 24.5 Å². The molecule has 4 nitrogen and oxygen atoms in total. The van der Waals surface area contributed by atoms with Crippen LogP contribution in [0.25, 0.3) is 0 Å². The minimum absolute atomic E-state index is 0.0836. The molecule has 118 valence electrons. The number of nitrogens with one attached hydrogen (secondary N) is 1. The Morgan fingerprint density at radius 1 is 1.45 bits per heavy atom. The number of halogens is 1. The molecule has 0 bridgehead atoms. The third kappa shape index (κ3) is 4.53. The average Bonchev–Trinajstić information content (AvgIpc) is 2.99. The van der Waals surface area contributed by atoms with E-state index in [1.807, 2.05) is 24.3 Å². The maximum atomic E-state index is 12.1. The highest BCUT2D eigenvalue weighted by atomic mass is 35.5. The molecule has 0 fully saturated rings. The molecule has 1 unspecified atom stereocenters. The summed E-state index contributed by atoms with van der Waals surface area (Å²) in [5.74, 6) is -0.168. The van der Waals surface area contributed by atoms with Gasteiger partial charge in [-0.15, -0.1) is 11.3 Å². The summed E-state index contributed by atoms with van der Waals surface area (Å²) in [7, 11) is 0. The van der Waals surface area contributed by atoms with Crippen LogP contribution in [0, 0.1) is 0 Å². The molecule has 1 heterocycles. The van der Waals surface area contributed by atoms with Crippen molar-refractivity contribution in [1.82, 2.24) is 10.3 Å². The Hall–Kier alpha value is -1.43. The van der Waals surface area contributed by atoms with Crippen molar-refractivity contribution in [3.8, 4) is 0 Å². The van der Waals surface area contributed by atoms with Crippen LogP contribution in [-0.4, -0.2) is 17.4 Å². The molecule has 22 heavy (non-hydrogen) atoms. The SMILES string of the molecule is CCCC(N)c1nc(C(=O)NCCc2ccccc2Cl)cs1. The molecule has 2 rings (SSSR count). The first-order chi connectivity index (χ1) is 10.6. The predicted octanol–water partition coefficient (Wildman–Crippen LogP) is 3.57. The van der Waals surface area contributed by atoms with Gasteiger partial charge in [0, 0.05) is 16.9 Å². The van der Waals surface area contributed by atoms with Gasteiger partial charge in [0.2, 0.25) is 0 Å². The average molecular weight is 338 g/mol. The van der Waals surface area contributed by atoms with Gasteiger partial charge in [-0.25, -0.2) is 4.98 Å². The van der Waals surface area contributed by atoms with Crippen molar-refractivity contribution >= 4 is 28.8 Å². The van der Waals surface area contributed by atoms with E-state index in [0.717, 1.165) is 28.4 Å². The first-order valence-electron chi connectivity index (χ1n) is 7.34. The van der Waals surface area contributed by atoms with Crippen molar-refractivity contribution in [1.29, 1.82) is 0 Å². The van der Waals surface area contributed by atoms with Crippen LogP contribution in [0.5, 0.6) is 0 Å². The summed E-state index contributed by atoms with van der Waals surface area (Å²) in [5.41, 5.74) is 7.47. The van der Waals surface area contributed by atoms with Gasteiger partial charge in [-0.2, -0.15) is 0 Å². The van der Waals surface area contributed by atoms with Crippen molar-refractivity contribution in [2.45, 2.75) is 32.2 Å². The zero-order valence-corrected chi connectivity index (χ0v) is 14.1. The zero-order chi connectivity index (χ0) is 15.9. The fourth-order valence-electron chi connectivity index (χ4n) is 2.10. The van der Waals surface area contributed by atoms with Gasteiger partial charge in [0.1, 0.15) is 10.7 Å². The standard InChI is InChI=1S/C16H20ClN3OS/c1-2-5-13(18)16-20-14(10-22-16)15(21)19-9-8-11-6-3-4-7-12(11)17/h3-4,6-7,10,13H,2,5,8-9,18H2,1H3,(H,19,21). The second kappa shape index (κ2) is 8.27. The van der Waals surface area contributed by atoms with Gasteiger partial charge in [-0.1, -0.05) is 43.1 Å². The molecular weight excluding hydrogens is 318 g/mol. The van der Waals surface area contributed by atoms with Crippen molar-refractivity contribution < 1.29 is 4.79 Å². The van der Waals surface area contributed by atoms with Crippen LogP contribution in [0.1, 0.15) is 46.9 Å². The highest BCUT2D eigenvalue weighted by molar-refractivity contribution is 7.09. The van der Waals surface area contributed by atoms with E-state index in [1.54, 1.807) is 5.38 Å². The van der Waals surface area contributed by atoms with Crippen molar-refractivity contribution in [3.05, 3.63) is 50.9 Å². The fraction of sp³-hybridized carbons (Fsp3) is 0.375. The molecule has 0 radical (unpaired) electrons. The number of carbonyl (C=O) groups is 1. The second-order valence-corrected chi connectivity index (χ2v) is 6.36. The molecule has 1 amide bonds. The van der Waals surface area contributed by atoms with Gasteiger partial charge in [0.15, 0.2) is 0 Å². The smallest absolute Gasteiger partial charge is 0.270 e. The number of nitrogens with zero attached hydrogens (tertiary/aromatic N) is 1. The summed E-state index contributed by atoms with van der Waals surface area (Å²) in [6.07, 6.45) is 2.57. The van der Waals surface area contributed by atoms with Crippen LogP contribution < -0.4 is 11.1 Å². The molecule has 0 aliphatic carbocycles. The van der Waals surface area contributed by atoms with E-state index >= 15 is 0 Å². The molecule has 1 atom stereocenters. The Morgan fingerprint density at radius 3 is 2.95 bits per heavy atom. The van der Waals surface area contributed by atoms with Crippen molar-refractivity contribution in [3.63, 3.8) is 0 Å². The highest BCUT2D eigenvalue weighted by Crippen LogP contribution is 2.20. The summed E-state index contributed by atoms with van der Waals surface area (Å²) in [6, 6.07) is 7.55. The maximum Gasteiger partial charge on any atom is 0.270 e. The Bertz CT molecular complexity index is 629. The molecule has 2 aromatic rings. The number of carbonyl (C=O) groups excluding carboxylic acids is 1. The van der Waals surface area contributed by atoms with Crippen LogP contribution in [0.15, 0.2) is 29.6 Å². The van der Waals surface area contributed by atoms with E-state index in [0.29, 0.717) is 18.7 Å². The second-order valence-electron chi connectivity index (χ2n) is 5.06. The molecule has 6 heteroatoms. The topological polar surface area (TPSA) is 68.0 Å². The summed E-state index contributed by atoms with van der Waals surface area (Å²) in [5, 5.41) is 6.16. The molecule has 1 aromatic heterocycles. The van der Waals surface area contributed by atoms with E-state index in [4.69, 9.17) is 17.3 Å². The maximum absolute atomic E-state index is 12.1. The molecule has 0 aliphatic rings. The molecular formula is C16H20ClN3OS. The van der Waals surface area contributed by atoms with Crippen LogP contribution in [-0.2, 0) is 6.42 Å². The number of aromatic nitrogens is 1. The largest absolute Gasteiger partial charge is 0.350 e. The van der Waals surface area contributed by atoms with E-state index in [9.17, 15) is 4.79 Å². The van der Waals surface area contributed by atoms with Gasteiger partial charge in [0.25, 0.3) is 5.91 Å². The van der Waals surface area contributed by atoms with Crippen LogP contribution in [0.2, 0.25) is 5.02 Å². The number of thiazole rings is 1. The van der Waals surface area contributed by atoms with Crippen LogP contribution >= 0.6 is 22.9 Å². The summed E-state index contributed by atoms with van der Waals surface area (Å²) in [6.45, 7) is 2.60. The van der Waals surface area contributed by atoms with E-state index in [1.165, 1.54) is 11.3 Å². The third-order valence-electron chi connectivity index (χ3n) is 3.31. The van der Waals surface area contributed by atoms with E-state index in [-0.39, 0.29) is 11.9 Å². The Labute approximate surface area is 139 Å². The van der Waals surface area contributed by atoms with Gasteiger partial charge in [0.05, 0.1) is 6.04 Å². The molecule has 0 saturated heterocycles. The monoisotopic (exact) mass is 337 g/mol. The first-order valence-corrected chi connectivity index (χ1v) is 8.60. The van der Waals surface area contributed by atoms with Gasteiger partial charge >= 0.3 is 0 Å². The van der Waals surface area contributed by atoms with E-state index in [2.05, 4.69) is 17.2 Å². The van der Waals surface area contributed by atoms with Crippen LogP contribution in [0.3, 0.4) is 0 Å². The zero-order valence-electron chi connectivity index (χ0n) is 12.5. The predicted molar refractivity (Wildman–Crippen MR) is 91.4 cm³/mol. The molecule has 0 aliphatic heterocycles. The van der Waals surface area contributed by atoms with Crippen molar-refractivity contribution in [2.75, 3.05) is 6.54 Å². The number of hydrogen-bond acceptors (Lipinski definition) is 4. The fourth-order valence-corrected chi connectivity index (χ4v) is 3.17. The number of rotatable bonds is 7. The molecule has 0 spiro atoms. The molecule has 1 aromatic carbocycles. The minimum Gasteiger partial charge on any atom is -0.350 e.